The number of amides is 1. The number of fused-ring (bicyclic) bond motifs is 1. The van der Waals surface area contributed by atoms with E-state index in [4.69, 9.17) is 5.73 Å². The van der Waals surface area contributed by atoms with Crippen LogP contribution in [0.15, 0.2) is 41.5 Å². The fraction of sp³-hybridized carbons (Fsp3) is 0.316. The van der Waals surface area contributed by atoms with Gasteiger partial charge in [0, 0.05) is 18.8 Å². The van der Waals surface area contributed by atoms with Crippen molar-refractivity contribution in [1.82, 2.24) is 4.98 Å². The van der Waals surface area contributed by atoms with Crippen LogP contribution in [0.5, 0.6) is 0 Å². The highest BCUT2D eigenvalue weighted by Crippen LogP contribution is 2.27. The van der Waals surface area contributed by atoms with E-state index in [1.54, 1.807) is 12.3 Å². The lowest BCUT2D eigenvalue weighted by molar-refractivity contribution is -0.114. The van der Waals surface area contributed by atoms with E-state index >= 15 is 0 Å². The summed E-state index contributed by atoms with van der Waals surface area (Å²) in [6, 6.07) is 9.93. The van der Waals surface area contributed by atoms with Gasteiger partial charge in [0.1, 0.15) is 5.82 Å². The molecule has 1 aromatic carbocycles. The molecule has 1 heterocycles. The molecule has 0 fully saturated rings. The number of hydrogen-bond acceptors (Lipinski definition) is 3. The van der Waals surface area contributed by atoms with Crippen LogP contribution >= 0.6 is 0 Å². The fourth-order valence-electron chi connectivity index (χ4n) is 3.02. The second-order valence-corrected chi connectivity index (χ2v) is 6.21. The number of rotatable bonds is 4. The molecule has 0 saturated carbocycles. The number of carbonyl (C=O) groups is 1. The molecule has 0 atom stereocenters. The average molecular weight is 337 g/mol. The summed E-state index contributed by atoms with van der Waals surface area (Å²) in [6.07, 6.45) is 6.37. The molecule has 2 aromatic rings. The van der Waals surface area contributed by atoms with Gasteiger partial charge in [-0.15, -0.1) is 0 Å². The number of nitrogens with two attached hydrogens (primary N) is 1. The molecule has 0 bridgehead atoms. The molecule has 25 heavy (non-hydrogen) atoms. The number of pyridine rings is 1. The Morgan fingerprint density at radius 3 is 2.80 bits per heavy atom. The Morgan fingerprint density at radius 1 is 1.20 bits per heavy atom. The summed E-state index contributed by atoms with van der Waals surface area (Å²) >= 11 is 0. The molecule has 1 amide bonds. The van der Waals surface area contributed by atoms with Crippen molar-refractivity contribution in [3.63, 3.8) is 0 Å². The first-order valence-corrected chi connectivity index (χ1v) is 8.52. The van der Waals surface area contributed by atoms with Crippen molar-refractivity contribution in [3.05, 3.63) is 53.2 Å². The van der Waals surface area contributed by atoms with E-state index in [9.17, 15) is 4.79 Å². The average Bonchev–Trinajstić information content (AvgIpc) is 2.61. The summed E-state index contributed by atoms with van der Waals surface area (Å²) < 4.78 is 0. The van der Waals surface area contributed by atoms with Crippen molar-refractivity contribution in [3.8, 4) is 0 Å². The van der Waals surface area contributed by atoms with Gasteiger partial charge in [-0.05, 0) is 54.5 Å². The molecule has 4 N–H and O–H groups in total. The molecule has 0 radical (unpaired) electrons. The summed E-state index contributed by atoms with van der Waals surface area (Å²) in [7, 11) is 0. The van der Waals surface area contributed by atoms with E-state index in [1.807, 2.05) is 6.07 Å². The summed E-state index contributed by atoms with van der Waals surface area (Å²) in [5, 5.41) is 5.86. The summed E-state index contributed by atoms with van der Waals surface area (Å²) in [4.78, 5) is 19.6. The Bertz CT molecular complexity index is 783. The molecule has 1 aromatic heterocycles. The maximum Gasteiger partial charge on any atom is 0.222 e. The maximum atomic E-state index is 11.0. The molecule has 1 aliphatic rings. The number of benzene rings is 1. The van der Waals surface area contributed by atoms with Crippen LogP contribution in [0, 0.1) is 0 Å². The van der Waals surface area contributed by atoms with E-state index in [2.05, 4.69) is 38.8 Å². The monoisotopic (exact) mass is 337 g/mol. The molecule has 0 aliphatic heterocycles. The largest absolute Gasteiger partial charge is 0.370 e. The number of nitrogens with one attached hydrogen (secondary N) is 2. The van der Waals surface area contributed by atoms with Gasteiger partial charge in [0.25, 0.3) is 0 Å². The van der Waals surface area contributed by atoms with Crippen LogP contribution in [-0.2, 0) is 24.2 Å². The van der Waals surface area contributed by atoms with Gasteiger partial charge in [-0.1, -0.05) is 18.2 Å². The molecule has 130 valence electrons. The lowest BCUT2D eigenvalue weighted by atomic mass is 9.90. The number of aryl methyl sites for hydroxylation is 1. The van der Waals surface area contributed by atoms with Crippen LogP contribution in [0.25, 0.3) is 0 Å². The molecule has 6 heteroatoms. The zero-order valence-electron chi connectivity index (χ0n) is 14.4. The van der Waals surface area contributed by atoms with Crippen molar-refractivity contribution < 1.29 is 4.79 Å². The predicted molar refractivity (Wildman–Crippen MR) is 101 cm³/mol. The summed E-state index contributed by atoms with van der Waals surface area (Å²) in [6.45, 7) is 1.88. The zero-order valence-corrected chi connectivity index (χ0v) is 14.4. The van der Waals surface area contributed by atoms with Crippen LogP contribution in [0.2, 0.25) is 0 Å². The van der Waals surface area contributed by atoms with Crippen molar-refractivity contribution in [1.29, 1.82) is 0 Å². The zero-order chi connectivity index (χ0) is 17.6. The third-order valence-corrected chi connectivity index (χ3v) is 4.22. The first-order valence-electron chi connectivity index (χ1n) is 8.52. The fourth-order valence-corrected chi connectivity index (χ4v) is 3.02. The Morgan fingerprint density at radius 2 is 2.04 bits per heavy atom. The summed E-state index contributed by atoms with van der Waals surface area (Å²) in [5.74, 6) is 0.782. The molecule has 0 saturated heterocycles. The van der Waals surface area contributed by atoms with Gasteiger partial charge >= 0.3 is 0 Å². The molecule has 1 aliphatic carbocycles. The minimum Gasteiger partial charge on any atom is -0.370 e. The molecule has 0 spiro atoms. The van der Waals surface area contributed by atoms with E-state index in [1.165, 1.54) is 30.9 Å². The number of anilines is 2. The SMILES string of the molecule is CC(=O)Nc1ccc(CN=C(N)Nc2cccc3c2CCCC3)cn1. The highest BCUT2D eigenvalue weighted by Gasteiger charge is 2.13. The van der Waals surface area contributed by atoms with Crippen molar-refractivity contribution in [2.75, 3.05) is 10.6 Å². The Labute approximate surface area is 147 Å². The number of nitrogens with zero attached hydrogens (tertiary/aromatic N) is 2. The number of aliphatic imine (C=N–C) groups is 1. The topological polar surface area (TPSA) is 92.4 Å². The van der Waals surface area contributed by atoms with E-state index in [0.29, 0.717) is 18.3 Å². The Balaban J connectivity index is 1.63. The first-order chi connectivity index (χ1) is 12.1. The highest BCUT2D eigenvalue weighted by atomic mass is 16.1. The number of carbonyl (C=O) groups excluding carboxylic acids is 1. The third kappa shape index (κ3) is 4.56. The smallest absolute Gasteiger partial charge is 0.222 e. The maximum absolute atomic E-state index is 11.0. The highest BCUT2D eigenvalue weighted by molar-refractivity contribution is 5.93. The van der Waals surface area contributed by atoms with Crippen LogP contribution in [0.3, 0.4) is 0 Å². The minimum absolute atomic E-state index is 0.141. The molecular weight excluding hydrogens is 314 g/mol. The Kier molecular flexibility index (Phi) is 5.28. The second-order valence-electron chi connectivity index (χ2n) is 6.21. The Hall–Kier alpha value is -2.89. The van der Waals surface area contributed by atoms with Crippen LogP contribution in [-0.4, -0.2) is 16.9 Å². The van der Waals surface area contributed by atoms with Crippen LogP contribution < -0.4 is 16.4 Å². The predicted octanol–water partition coefficient (Wildman–Crippen LogP) is 2.85. The van der Waals surface area contributed by atoms with Crippen molar-refractivity contribution >= 4 is 23.4 Å². The van der Waals surface area contributed by atoms with E-state index < -0.39 is 0 Å². The van der Waals surface area contributed by atoms with Crippen LogP contribution in [0.4, 0.5) is 11.5 Å². The number of guanidine groups is 1. The normalized spacial score (nSPS) is 13.9. The lowest BCUT2D eigenvalue weighted by Gasteiger charge is -2.19. The molecular formula is C19H23N5O. The van der Waals surface area contributed by atoms with Gasteiger partial charge in [0.15, 0.2) is 5.96 Å². The van der Waals surface area contributed by atoms with E-state index in [-0.39, 0.29) is 5.91 Å². The standard InChI is InChI=1S/C19H23N5O/c1-13(25)23-18-10-9-14(11-21-18)12-22-19(20)24-17-8-4-6-15-5-2-3-7-16(15)17/h4,6,8-11H,2-3,5,7,12H2,1H3,(H3,20,22,24)(H,21,23,25). The van der Waals surface area contributed by atoms with Gasteiger partial charge in [0.2, 0.25) is 5.91 Å². The van der Waals surface area contributed by atoms with Gasteiger partial charge in [-0.2, -0.15) is 0 Å². The van der Waals surface area contributed by atoms with Gasteiger partial charge in [-0.25, -0.2) is 9.98 Å². The number of hydrogen-bond donors (Lipinski definition) is 3. The second kappa shape index (κ2) is 7.79. The van der Waals surface area contributed by atoms with Crippen molar-refractivity contribution in [2.24, 2.45) is 10.7 Å². The van der Waals surface area contributed by atoms with Gasteiger partial charge in [0.05, 0.1) is 6.54 Å². The van der Waals surface area contributed by atoms with Crippen LogP contribution in [0.1, 0.15) is 36.5 Å². The van der Waals surface area contributed by atoms with Crippen molar-refractivity contribution in [2.45, 2.75) is 39.2 Å². The molecule has 3 rings (SSSR count). The molecule has 0 unspecified atom stereocenters. The third-order valence-electron chi connectivity index (χ3n) is 4.22. The first kappa shape index (κ1) is 17.0. The number of aromatic nitrogens is 1. The van der Waals surface area contributed by atoms with E-state index in [0.717, 1.165) is 24.1 Å². The van der Waals surface area contributed by atoms with Gasteiger partial charge in [-0.3, -0.25) is 4.79 Å². The minimum atomic E-state index is -0.141. The summed E-state index contributed by atoms with van der Waals surface area (Å²) in [5.41, 5.74) is 10.8. The lowest BCUT2D eigenvalue weighted by Crippen LogP contribution is -2.24. The molecule has 6 nitrogen and oxygen atoms in total. The van der Waals surface area contributed by atoms with Gasteiger partial charge < -0.3 is 16.4 Å². The quantitative estimate of drug-likeness (QED) is 0.591.